The summed E-state index contributed by atoms with van der Waals surface area (Å²) in [6.07, 6.45) is 3.64. The fraction of sp³-hybridized carbons (Fsp3) is 0.375. The summed E-state index contributed by atoms with van der Waals surface area (Å²) < 4.78 is 2.52. The first-order chi connectivity index (χ1) is 13.5. The molecule has 4 aromatic rings. The topological polar surface area (TPSA) is 45.6 Å². The number of imidazole rings is 1. The highest BCUT2D eigenvalue weighted by atomic mass is 15.1. The number of benzene rings is 2. The molecule has 1 aliphatic carbocycles. The second kappa shape index (κ2) is 6.40. The van der Waals surface area contributed by atoms with Crippen molar-refractivity contribution < 1.29 is 0 Å². The number of nitrogens with zero attached hydrogens (tertiary/aromatic N) is 2. The van der Waals surface area contributed by atoms with Crippen LogP contribution in [0.4, 0.5) is 5.95 Å². The van der Waals surface area contributed by atoms with Gasteiger partial charge in [0.25, 0.3) is 0 Å². The van der Waals surface area contributed by atoms with Gasteiger partial charge in [-0.15, -0.1) is 0 Å². The van der Waals surface area contributed by atoms with Crippen molar-refractivity contribution in [3.8, 4) is 0 Å². The van der Waals surface area contributed by atoms with E-state index in [1.54, 1.807) is 11.3 Å². The summed E-state index contributed by atoms with van der Waals surface area (Å²) >= 11 is 0. The molecule has 5 rings (SSSR count). The minimum atomic E-state index is 0.391. The molecule has 0 saturated heterocycles. The van der Waals surface area contributed by atoms with Crippen LogP contribution >= 0.6 is 0 Å². The highest BCUT2D eigenvalue weighted by Crippen LogP contribution is 2.40. The van der Waals surface area contributed by atoms with Gasteiger partial charge in [-0.1, -0.05) is 32.0 Å². The molecule has 0 atom stereocenters. The summed E-state index contributed by atoms with van der Waals surface area (Å²) in [6.45, 7) is 8.88. The molecule has 0 unspecified atom stereocenters. The van der Waals surface area contributed by atoms with Gasteiger partial charge < -0.3 is 14.9 Å². The number of aromatic amines is 1. The number of hydrogen-bond acceptors (Lipinski definition) is 2. The van der Waals surface area contributed by atoms with Gasteiger partial charge in [-0.2, -0.15) is 0 Å². The lowest BCUT2D eigenvalue weighted by atomic mass is 9.76. The Morgan fingerprint density at radius 2 is 2.04 bits per heavy atom. The first kappa shape index (κ1) is 17.4. The molecule has 2 heterocycles. The van der Waals surface area contributed by atoms with Crippen molar-refractivity contribution in [1.29, 1.82) is 0 Å². The Kier molecular flexibility index (Phi) is 3.97. The van der Waals surface area contributed by atoms with Crippen LogP contribution in [0.3, 0.4) is 0 Å². The largest absolute Gasteiger partial charge is 0.352 e. The third-order valence-corrected chi connectivity index (χ3v) is 6.21. The quantitative estimate of drug-likeness (QED) is 0.485. The van der Waals surface area contributed by atoms with E-state index < -0.39 is 0 Å². The van der Waals surface area contributed by atoms with Gasteiger partial charge in [0.2, 0.25) is 5.95 Å². The fourth-order valence-electron chi connectivity index (χ4n) is 4.72. The Bertz CT molecular complexity index is 1130. The SMILES string of the molecule is CCn1c2c(c3cc(CNc4nc5ccccc5[nH]4)ccc31)CC(C)(C)CC2. The Balaban J connectivity index is 1.47. The monoisotopic (exact) mass is 372 g/mol. The molecule has 0 radical (unpaired) electrons. The molecule has 4 heteroatoms. The molecule has 0 saturated carbocycles. The Labute approximate surface area is 166 Å². The van der Waals surface area contributed by atoms with Gasteiger partial charge in [-0.05, 0) is 67.0 Å². The standard InChI is InChI=1S/C24H28N4/c1-4-28-21-10-9-16(13-17(21)18-14-24(2,3)12-11-22(18)28)15-25-23-26-19-7-5-6-8-20(19)27-23/h5-10,13H,4,11-12,14-15H2,1-3H3,(H2,25,26,27). The van der Waals surface area contributed by atoms with Gasteiger partial charge in [0.05, 0.1) is 11.0 Å². The molecule has 28 heavy (non-hydrogen) atoms. The number of hydrogen-bond donors (Lipinski definition) is 2. The molecule has 4 nitrogen and oxygen atoms in total. The number of H-pyrrole nitrogens is 1. The van der Waals surface area contributed by atoms with Gasteiger partial charge in [0.1, 0.15) is 0 Å². The van der Waals surface area contributed by atoms with Crippen molar-refractivity contribution in [2.75, 3.05) is 5.32 Å². The molecule has 1 aliphatic rings. The molecular weight excluding hydrogens is 344 g/mol. The first-order valence-electron chi connectivity index (χ1n) is 10.4. The zero-order valence-electron chi connectivity index (χ0n) is 17.0. The summed E-state index contributed by atoms with van der Waals surface area (Å²) in [6, 6.07) is 15.1. The van der Waals surface area contributed by atoms with E-state index in [0.29, 0.717) is 5.41 Å². The molecule has 0 spiro atoms. The lowest BCUT2D eigenvalue weighted by Gasteiger charge is -2.30. The van der Waals surface area contributed by atoms with Crippen LogP contribution in [-0.2, 0) is 25.9 Å². The normalized spacial score (nSPS) is 15.8. The van der Waals surface area contributed by atoms with Crippen LogP contribution in [-0.4, -0.2) is 14.5 Å². The molecule has 0 aliphatic heterocycles. The summed E-state index contributed by atoms with van der Waals surface area (Å²) in [5.41, 5.74) is 8.26. The van der Waals surface area contributed by atoms with E-state index in [0.717, 1.165) is 30.1 Å². The van der Waals surface area contributed by atoms with Gasteiger partial charge in [-0.25, -0.2) is 4.98 Å². The fourth-order valence-corrected chi connectivity index (χ4v) is 4.72. The van der Waals surface area contributed by atoms with E-state index in [2.05, 4.69) is 64.9 Å². The molecule has 0 fully saturated rings. The number of anilines is 1. The number of nitrogens with one attached hydrogen (secondary N) is 2. The van der Waals surface area contributed by atoms with Crippen LogP contribution in [0, 0.1) is 5.41 Å². The predicted molar refractivity (Wildman–Crippen MR) is 117 cm³/mol. The maximum atomic E-state index is 4.63. The average molecular weight is 373 g/mol. The highest BCUT2D eigenvalue weighted by molar-refractivity contribution is 5.87. The maximum absolute atomic E-state index is 4.63. The van der Waals surface area contributed by atoms with Gasteiger partial charge in [0.15, 0.2) is 0 Å². The van der Waals surface area contributed by atoms with Gasteiger partial charge >= 0.3 is 0 Å². The van der Waals surface area contributed by atoms with Crippen LogP contribution in [0.1, 0.15) is 44.0 Å². The van der Waals surface area contributed by atoms with Crippen molar-refractivity contribution in [3.05, 3.63) is 59.3 Å². The van der Waals surface area contributed by atoms with Crippen molar-refractivity contribution in [3.63, 3.8) is 0 Å². The molecule has 2 aromatic carbocycles. The van der Waals surface area contributed by atoms with Crippen LogP contribution in [0.5, 0.6) is 0 Å². The number of fused-ring (bicyclic) bond motifs is 4. The minimum Gasteiger partial charge on any atom is -0.352 e. The third kappa shape index (κ3) is 2.88. The molecule has 0 bridgehead atoms. The summed E-state index contributed by atoms with van der Waals surface area (Å²) in [4.78, 5) is 7.98. The summed E-state index contributed by atoms with van der Waals surface area (Å²) in [5.74, 6) is 0.829. The van der Waals surface area contributed by atoms with Crippen molar-refractivity contribution in [2.45, 2.75) is 53.1 Å². The lowest BCUT2D eigenvalue weighted by molar-refractivity contribution is 0.311. The minimum absolute atomic E-state index is 0.391. The smallest absolute Gasteiger partial charge is 0.201 e. The van der Waals surface area contributed by atoms with E-state index in [4.69, 9.17) is 0 Å². The van der Waals surface area contributed by atoms with Crippen LogP contribution in [0.25, 0.3) is 21.9 Å². The number of aryl methyl sites for hydroxylation is 1. The van der Waals surface area contributed by atoms with E-state index >= 15 is 0 Å². The summed E-state index contributed by atoms with van der Waals surface area (Å²) in [7, 11) is 0. The van der Waals surface area contributed by atoms with E-state index in [9.17, 15) is 0 Å². The molecule has 2 N–H and O–H groups in total. The number of aromatic nitrogens is 3. The number of para-hydroxylation sites is 2. The molecule has 144 valence electrons. The van der Waals surface area contributed by atoms with Crippen LogP contribution in [0.15, 0.2) is 42.5 Å². The molecule has 0 amide bonds. The van der Waals surface area contributed by atoms with Gasteiger partial charge in [-0.3, -0.25) is 0 Å². The number of rotatable bonds is 4. The van der Waals surface area contributed by atoms with Crippen LogP contribution < -0.4 is 5.32 Å². The Morgan fingerprint density at radius 3 is 2.86 bits per heavy atom. The second-order valence-electron chi connectivity index (χ2n) is 8.82. The molecule has 2 aromatic heterocycles. The molecular formula is C24H28N4. The second-order valence-corrected chi connectivity index (χ2v) is 8.82. The van der Waals surface area contributed by atoms with E-state index in [1.165, 1.54) is 35.7 Å². The summed E-state index contributed by atoms with van der Waals surface area (Å²) in [5, 5.41) is 4.90. The predicted octanol–water partition coefficient (Wildman–Crippen LogP) is 5.66. The van der Waals surface area contributed by atoms with Crippen LogP contribution in [0.2, 0.25) is 0 Å². The van der Waals surface area contributed by atoms with Gasteiger partial charge in [0, 0.05) is 29.7 Å². The Hall–Kier alpha value is -2.75. The maximum Gasteiger partial charge on any atom is 0.201 e. The zero-order chi connectivity index (χ0) is 19.3. The van der Waals surface area contributed by atoms with Crippen molar-refractivity contribution in [1.82, 2.24) is 14.5 Å². The Morgan fingerprint density at radius 1 is 1.18 bits per heavy atom. The third-order valence-electron chi connectivity index (χ3n) is 6.21. The van der Waals surface area contributed by atoms with Crippen molar-refractivity contribution >= 4 is 27.9 Å². The van der Waals surface area contributed by atoms with E-state index in [-0.39, 0.29) is 0 Å². The zero-order valence-corrected chi connectivity index (χ0v) is 17.0. The van der Waals surface area contributed by atoms with E-state index in [1.807, 2.05) is 18.2 Å². The lowest BCUT2D eigenvalue weighted by Crippen LogP contribution is -2.22. The van der Waals surface area contributed by atoms with Crippen molar-refractivity contribution in [2.24, 2.45) is 5.41 Å². The first-order valence-corrected chi connectivity index (χ1v) is 10.4. The average Bonchev–Trinajstić information content (AvgIpc) is 3.23. The highest BCUT2D eigenvalue weighted by Gasteiger charge is 2.29.